The molecule has 15 heteroatoms. The topological polar surface area (TPSA) is 226 Å². The third-order valence-electron chi connectivity index (χ3n) is 11.6. The fourth-order valence-corrected chi connectivity index (χ4v) is 8.18. The molecule has 0 saturated carbocycles. The van der Waals surface area contributed by atoms with Gasteiger partial charge in [0, 0.05) is 30.0 Å². The quantitative estimate of drug-likeness (QED) is 0.0643. The number of carbonyl (C=O) groups excluding carboxylic acids is 3. The zero-order valence-electron chi connectivity index (χ0n) is 38.5. The Morgan fingerprint density at radius 1 is 1.00 bits per heavy atom. The minimum absolute atomic E-state index is 0.0102. The van der Waals surface area contributed by atoms with E-state index < -0.39 is 83.9 Å². The molecular weight excluding hydrogens is 801 g/mol. The van der Waals surface area contributed by atoms with Crippen LogP contribution in [0.5, 0.6) is 17.2 Å². The van der Waals surface area contributed by atoms with Gasteiger partial charge in [0.15, 0.2) is 11.6 Å². The Kier molecular flexibility index (Phi) is 16.9. The number of ether oxygens (including phenoxy) is 6. The van der Waals surface area contributed by atoms with E-state index in [9.17, 15) is 30.0 Å². The van der Waals surface area contributed by atoms with E-state index in [-0.39, 0.29) is 48.7 Å². The predicted molar refractivity (Wildman–Crippen MR) is 234 cm³/mol. The van der Waals surface area contributed by atoms with Crippen molar-refractivity contribution in [3.63, 3.8) is 0 Å². The summed E-state index contributed by atoms with van der Waals surface area (Å²) >= 11 is 0. The Balaban J connectivity index is 1.94. The number of nitrogens with one attached hydrogen (secondary N) is 1. The number of aliphatic hydroxyl groups excluding tert-OH is 4. The molecule has 346 valence electrons. The average Bonchev–Trinajstić information content (AvgIpc) is 3.18. The van der Waals surface area contributed by atoms with Crippen LogP contribution in [0.4, 0.5) is 0 Å². The monoisotopic (exact) mass is 870 g/mol. The SMILES string of the molecule is CNCC(=O)C(C)(C/C=C(/C)C(=O)OC)OC(C)(C)CC1Oc2c(CC=C(C)C)c3c(c(O[C@@H]4O[C@H](CO)[C@@H](O)[C@@H](O)[C@H]4O)c2C(=O)C1C(C)N)C=CC(C)(CCC=C(C)C)O3. The largest absolute Gasteiger partial charge is 0.488 e. The molecule has 0 radical (unpaired) electrons. The van der Waals surface area contributed by atoms with Crippen LogP contribution in [0.25, 0.3) is 6.08 Å². The van der Waals surface area contributed by atoms with Gasteiger partial charge in [-0.1, -0.05) is 29.4 Å². The van der Waals surface area contributed by atoms with E-state index >= 15 is 4.79 Å². The number of carbonyl (C=O) groups is 3. The van der Waals surface area contributed by atoms with Crippen LogP contribution in [0.2, 0.25) is 0 Å². The van der Waals surface area contributed by atoms with Crippen molar-refractivity contribution in [1.82, 2.24) is 5.32 Å². The molecule has 0 aliphatic carbocycles. The highest BCUT2D eigenvalue weighted by Gasteiger charge is 2.50. The molecule has 4 rings (SSSR count). The summed E-state index contributed by atoms with van der Waals surface area (Å²) in [6.45, 7) is 17.8. The molecule has 3 aliphatic heterocycles. The Hall–Kier alpha value is -3.93. The van der Waals surface area contributed by atoms with Crippen molar-refractivity contribution < 1.29 is 63.2 Å². The summed E-state index contributed by atoms with van der Waals surface area (Å²) in [7, 11) is 2.93. The van der Waals surface area contributed by atoms with Crippen molar-refractivity contribution in [2.75, 3.05) is 27.3 Å². The number of allylic oxidation sites excluding steroid dienone is 4. The van der Waals surface area contributed by atoms with Gasteiger partial charge in [-0.2, -0.15) is 0 Å². The maximum Gasteiger partial charge on any atom is 0.333 e. The van der Waals surface area contributed by atoms with Crippen LogP contribution in [0.1, 0.15) is 116 Å². The van der Waals surface area contributed by atoms with Gasteiger partial charge >= 0.3 is 5.97 Å². The van der Waals surface area contributed by atoms with E-state index in [2.05, 4.69) is 11.4 Å². The first-order valence-corrected chi connectivity index (χ1v) is 21.4. The second-order valence-electron chi connectivity index (χ2n) is 18.4. The van der Waals surface area contributed by atoms with Crippen molar-refractivity contribution in [1.29, 1.82) is 0 Å². The van der Waals surface area contributed by atoms with E-state index in [4.69, 9.17) is 34.2 Å². The summed E-state index contributed by atoms with van der Waals surface area (Å²) in [4.78, 5) is 41.2. The van der Waals surface area contributed by atoms with Crippen molar-refractivity contribution in [2.24, 2.45) is 11.7 Å². The highest BCUT2D eigenvalue weighted by molar-refractivity contribution is 6.07. The fourth-order valence-electron chi connectivity index (χ4n) is 8.18. The Morgan fingerprint density at radius 3 is 2.24 bits per heavy atom. The molecule has 0 spiro atoms. The maximum atomic E-state index is 15.3. The number of hydrogen-bond donors (Lipinski definition) is 6. The fraction of sp³-hybridized carbons (Fsp3) is 0.638. The number of rotatable bonds is 19. The molecule has 1 fully saturated rings. The molecular formula is C47H70N2O13. The molecule has 1 saturated heterocycles. The van der Waals surface area contributed by atoms with Crippen molar-refractivity contribution in [2.45, 2.75) is 161 Å². The van der Waals surface area contributed by atoms with Crippen molar-refractivity contribution in [3.05, 3.63) is 57.7 Å². The minimum atomic E-state index is -1.78. The summed E-state index contributed by atoms with van der Waals surface area (Å²) in [5.74, 6) is -1.72. The normalized spacial score (nSPS) is 27.4. The average molecular weight is 871 g/mol. The first-order chi connectivity index (χ1) is 28.9. The molecule has 5 unspecified atom stereocenters. The molecule has 0 amide bonds. The molecule has 3 heterocycles. The summed E-state index contributed by atoms with van der Waals surface area (Å²) < 4.78 is 37.8. The van der Waals surface area contributed by atoms with Crippen LogP contribution < -0.4 is 25.3 Å². The Labute approximate surface area is 366 Å². The number of Topliss-reactive ketones (excluding diaryl/α,β-unsaturated/α-hetero) is 2. The molecule has 0 aromatic heterocycles. The summed E-state index contributed by atoms with van der Waals surface area (Å²) in [5.41, 5.74) is 6.73. The zero-order chi connectivity index (χ0) is 46.5. The second kappa shape index (κ2) is 20.7. The Morgan fingerprint density at radius 2 is 1.66 bits per heavy atom. The van der Waals surface area contributed by atoms with E-state index in [0.717, 1.165) is 17.6 Å². The van der Waals surface area contributed by atoms with Crippen LogP contribution in [0.15, 0.2) is 41.0 Å². The molecule has 10 atom stereocenters. The minimum Gasteiger partial charge on any atom is -0.488 e. The maximum absolute atomic E-state index is 15.3. The molecule has 1 aromatic carbocycles. The molecule has 62 heavy (non-hydrogen) atoms. The summed E-state index contributed by atoms with van der Waals surface area (Å²) in [6, 6.07) is -0.776. The van der Waals surface area contributed by atoms with E-state index in [0.29, 0.717) is 28.9 Å². The van der Waals surface area contributed by atoms with Gasteiger partial charge in [0.25, 0.3) is 0 Å². The summed E-state index contributed by atoms with van der Waals surface area (Å²) in [5, 5.41) is 45.4. The molecule has 3 aliphatic rings. The standard InChI is InChI=1S/C47H70N2O13/c1-25(2)14-13-19-46(9)20-18-30-40(61-46)29(16-15-26(3)4)41-35(42(30)60-44-39(55)38(54)36(52)32(24-50)59-44)37(53)34(28(6)48)31(58-41)22-45(7,8)62-47(10,33(51)23-49-11)21-17-27(5)43(56)57-12/h14-15,17-18,20,28,31-32,34,36,38-39,44,49-50,52,54-55H,13,16,19,21-24,48H2,1-12H3/b27-17-/t28?,31?,32-,34?,36-,38-,39-,44+,46?,47?/m1/s1. The van der Waals surface area contributed by atoms with Crippen LogP contribution >= 0.6 is 0 Å². The van der Waals surface area contributed by atoms with Gasteiger partial charge in [-0.15, -0.1) is 0 Å². The van der Waals surface area contributed by atoms with Gasteiger partial charge in [0.2, 0.25) is 6.29 Å². The number of esters is 1. The number of hydrogen-bond acceptors (Lipinski definition) is 15. The van der Waals surface area contributed by atoms with Crippen molar-refractivity contribution in [3.8, 4) is 17.2 Å². The van der Waals surface area contributed by atoms with Gasteiger partial charge < -0.3 is 59.9 Å². The number of aliphatic hydroxyl groups is 4. The number of likely N-dealkylation sites (N-methyl/N-ethyl adjacent to an activating group) is 1. The number of fused-ring (bicyclic) bond motifs is 2. The zero-order valence-corrected chi connectivity index (χ0v) is 38.5. The molecule has 1 aromatic rings. The lowest BCUT2D eigenvalue weighted by Gasteiger charge is -2.44. The van der Waals surface area contributed by atoms with Crippen LogP contribution in [-0.2, 0) is 30.2 Å². The van der Waals surface area contributed by atoms with Gasteiger partial charge in [0.1, 0.15) is 64.5 Å². The van der Waals surface area contributed by atoms with E-state index in [1.54, 1.807) is 47.7 Å². The molecule has 15 nitrogen and oxygen atoms in total. The summed E-state index contributed by atoms with van der Waals surface area (Å²) in [6.07, 6.45) is 2.16. The number of benzene rings is 1. The van der Waals surface area contributed by atoms with Gasteiger partial charge in [0.05, 0.1) is 37.3 Å². The van der Waals surface area contributed by atoms with Gasteiger partial charge in [-0.25, -0.2) is 4.79 Å². The third kappa shape index (κ3) is 11.6. The molecule has 7 N–H and O–H groups in total. The lowest BCUT2D eigenvalue weighted by atomic mass is 9.78. The van der Waals surface area contributed by atoms with E-state index in [1.165, 1.54) is 7.11 Å². The smallest absolute Gasteiger partial charge is 0.333 e. The number of methoxy groups -OCH3 is 1. The van der Waals surface area contributed by atoms with Crippen molar-refractivity contribution >= 4 is 23.6 Å². The lowest BCUT2D eigenvalue weighted by Crippen LogP contribution is -2.60. The first-order valence-electron chi connectivity index (χ1n) is 21.4. The third-order valence-corrected chi connectivity index (χ3v) is 11.6. The predicted octanol–water partition coefficient (Wildman–Crippen LogP) is 4.43. The molecule has 0 bridgehead atoms. The second-order valence-corrected chi connectivity index (χ2v) is 18.4. The van der Waals surface area contributed by atoms with Crippen LogP contribution in [0.3, 0.4) is 0 Å². The first kappa shape index (κ1) is 50.7. The Bertz CT molecular complexity index is 1930. The van der Waals surface area contributed by atoms with Crippen LogP contribution in [-0.4, -0.2) is 125 Å². The van der Waals surface area contributed by atoms with Crippen LogP contribution in [0, 0.1) is 5.92 Å². The number of ketones is 2. The van der Waals surface area contributed by atoms with E-state index in [1.807, 2.05) is 52.8 Å². The lowest BCUT2D eigenvalue weighted by molar-refractivity contribution is -0.277. The van der Waals surface area contributed by atoms with Gasteiger partial charge in [-0.05, 0) is 108 Å². The van der Waals surface area contributed by atoms with Gasteiger partial charge in [-0.3, -0.25) is 9.59 Å². The number of nitrogens with two attached hydrogens (primary N) is 1. The highest BCUT2D eigenvalue weighted by Crippen LogP contribution is 2.53. The highest BCUT2D eigenvalue weighted by atomic mass is 16.7.